The number of hydrogen-bond acceptors (Lipinski definition) is 3. The predicted molar refractivity (Wildman–Crippen MR) is 79.1 cm³/mol. The van der Waals surface area contributed by atoms with E-state index in [1.165, 1.54) is 0 Å². The second-order valence-corrected chi connectivity index (χ2v) is 6.63. The van der Waals surface area contributed by atoms with E-state index in [4.69, 9.17) is 0 Å². The Balaban J connectivity index is 1.84. The number of benzene rings is 1. The van der Waals surface area contributed by atoms with E-state index in [1.807, 2.05) is 0 Å². The van der Waals surface area contributed by atoms with Gasteiger partial charge in [0.1, 0.15) is 16.5 Å². The van der Waals surface area contributed by atoms with E-state index in [0.29, 0.717) is 18.1 Å². The summed E-state index contributed by atoms with van der Waals surface area (Å²) in [5.74, 6) is -1.35. The van der Waals surface area contributed by atoms with Crippen molar-refractivity contribution >= 4 is 16.0 Å². The third-order valence-electron chi connectivity index (χ3n) is 3.03. The van der Waals surface area contributed by atoms with Crippen LogP contribution in [0.15, 0.2) is 28.1 Å². The summed E-state index contributed by atoms with van der Waals surface area (Å²) in [4.78, 5) is 3.43. The van der Waals surface area contributed by atoms with Gasteiger partial charge in [-0.3, -0.25) is 4.99 Å². The molecule has 122 valence electrons. The Morgan fingerprint density at radius 2 is 2.05 bits per heavy atom. The van der Waals surface area contributed by atoms with E-state index in [9.17, 15) is 17.2 Å². The van der Waals surface area contributed by atoms with Crippen molar-refractivity contribution in [3.63, 3.8) is 0 Å². The monoisotopic (exact) mass is 332 g/mol. The van der Waals surface area contributed by atoms with E-state index < -0.39 is 26.6 Å². The van der Waals surface area contributed by atoms with Crippen molar-refractivity contribution in [3.05, 3.63) is 29.8 Å². The summed E-state index contributed by atoms with van der Waals surface area (Å²) in [5, 5.41) is 6.09. The SMILES string of the molecule is CN=C(NCCNS(=O)(=O)c1ccc(F)cc1F)NC1CC1. The predicted octanol–water partition coefficient (Wildman–Crippen LogP) is 0.570. The number of nitrogens with zero attached hydrogens (tertiary/aromatic N) is 1. The molecule has 3 N–H and O–H groups in total. The highest BCUT2D eigenvalue weighted by atomic mass is 32.2. The minimum Gasteiger partial charge on any atom is -0.355 e. The van der Waals surface area contributed by atoms with Gasteiger partial charge in [-0.25, -0.2) is 21.9 Å². The molecular formula is C13H18F2N4O2S. The van der Waals surface area contributed by atoms with Gasteiger partial charge < -0.3 is 10.6 Å². The standard InChI is InChI=1S/C13H18F2N4O2S/c1-16-13(19-10-3-4-10)17-6-7-18-22(20,21)12-5-2-9(14)8-11(12)15/h2,5,8,10,18H,3-4,6-7H2,1H3,(H2,16,17,19). The fraction of sp³-hybridized carbons (Fsp3) is 0.462. The molecule has 1 aromatic carbocycles. The van der Waals surface area contributed by atoms with Gasteiger partial charge in [0.05, 0.1) is 0 Å². The van der Waals surface area contributed by atoms with E-state index in [2.05, 4.69) is 20.3 Å². The quantitative estimate of drug-likeness (QED) is 0.404. The van der Waals surface area contributed by atoms with Crippen LogP contribution in [0.2, 0.25) is 0 Å². The lowest BCUT2D eigenvalue weighted by Gasteiger charge is -2.12. The van der Waals surface area contributed by atoms with Crippen LogP contribution >= 0.6 is 0 Å². The van der Waals surface area contributed by atoms with Crippen LogP contribution in [0.5, 0.6) is 0 Å². The number of sulfonamides is 1. The molecule has 0 saturated heterocycles. The van der Waals surface area contributed by atoms with Crippen molar-refractivity contribution in [2.24, 2.45) is 4.99 Å². The molecule has 22 heavy (non-hydrogen) atoms. The maximum absolute atomic E-state index is 13.5. The first-order chi connectivity index (χ1) is 10.4. The maximum Gasteiger partial charge on any atom is 0.243 e. The van der Waals surface area contributed by atoms with Crippen molar-refractivity contribution in [2.45, 2.75) is 23.8 Å². The van der Waals surface area contributed by atoms with Gasteiger partial charge >= 0.3 is 0 Å². The van der Waals surface area contributed by atoms with Crippen molar-refractivity contribution < 1.29 is 17.2 Å². The van der Waals surface area contributed by atoms with E-state index in [0.717, 1.165) is 25.0 Å². The third-order valence-corrected chi connectivity index (χ3v) is 4.53. The first-order valence-electron chi connectivity index (χ1n) is 6.84. The fourth-order valence-corrected chi connectivity index (χ4v) is 2.84. The minimum atomic E-state index is -4.02. The summed E-state index contributed by atoms with van der Waals surface area (Å²) in [5.41, 5.74) is 0. The Morgan fingerprint density at radius 3 is 2.64 bits per heavy atom. The summed E-state index contributed by atoms with van der Waals surface area (Å²) < 4.78 is 52.4. The van der Waals surface area contributed by atoms with Gasteiger partial charge in [-0.05, 0) is 25.0 Å². The lowest BCUT2D eigenvalue weighted by Crippen LogP contribution is -2.42. The Hall–Kier alpha value is -1.74. The zero-order valence-corrected chi connectivity index (χ0v) is 12.9. The number of halogens is 2. The molecule has 0 radical (unpaired) electrons. The van der Waals surface area contributed by atoms with Crippen LogP contribution in [-0.2, 0) is 10.0 Å². The van der Waals surface area contributed by atoms with Crippen molar-refractivity contribution in [3.8, 4) is 0 Å². The molecule has 0 spiro atoms. The normalized spacial score (nSPS) is 15.7. The smallest absolute Gasteiger partial charge is 0.243 e. The van der Waals surface area contributed by atoms with Crippen LogP contribution in [0.4, 0.5) is 8.78 Å². The van der Waals surface area contributed by atoms with Gasteiger partial charge in [0.25, 0.3) is 0 Å². The molecule has 0 bridgehead atoms. The van der Waals surface area contributed by atoms with Gasteiger partial charge in [0.2, 0.25) is 10.0 Å². The molecule has 1 fully saturated rings. The third kappa shape index (κ3) is 4.63. The molecule has 0 amide bonds. The zero-order chi connectivity index (χ0) is 16.2. The van der Waals surface area contributed by atoms with Crippen molar-refractivity contribution in [1.29, 1.82) is 0 Å². The van der Waals surface area contributed by atoms with Gasteiger partial charge in [0, 0.05) is 32.2 Å². The average molecular weight is 332 g/mol. The average Bonchev–Trinajstić information content (AvgIpc) is 3.25. The second kappa shape index (κ2) is 7.01. The number of nitrogens with one attached hydrogen (secondary N) is 3. The van der Waals surface area contributed by atoms with Gasteiger partial charge in [0.15, 0.2) is 5.96 Å². The highest BCUT2D eigenvalue weighted by Crippen LogP contribution is 2.18. The molecule has 0 aliphatic heterocycles. The van der Waals surface area contributed by atoms with Crippen LogP contribution in [-0.4, -0.2) is 40.6 Å². The summed E-state index contributed by atoms with van der Waals surface area (Å²) in [6.07, 6.45) is 2.19. The molecule has 2 rings (SSSR count). The van der Waals surface area contributed by atoms with Crippen LogP contribution in [0.1, 0.15) is 12.8 Å². The molecule has 0 aromatic heterocycles. The zero-order valence-electron chi connectivity index (χ0n) is 12.1. The van der Waals surface area contributed by atoms with E-state index in [-0.39, 0.29) is 13.1 Å². The van der Waals surface area contributed by atoms with Gasteiger partial charge in [-0.1, -0.05) is 0 Å². The molecule has 1 aliphatic rings. The molecule has 0 unspecified atom stereocenters. The molecule has 6 nitrogen and oxygen atoms in total. The molecule has 0 heterocycles. The van der Waals surface area contributed by atoms with Gasteiger partial charge in [-0.2, -0.15) is 0 Å². The van der Waals surface area contributed by atoms with E-state index in [1.54, 1.807) is 7.05 Å². The summed E-state index contributed by atoms with van der Waals surface area (Å²) in [6, 6.07) is 2.76. The summed E-state index contributed by atoms with van der Waals surface area (Å²) >= 11 is 0. The van der Waals surface area contributed by atoms with Crippen LogP contribution in [0.25, 0.3) is 0 Å². The number of rotatable bonds is 6. The first kappa shape index (κ1) is 16.6. The Bertz CT molecular complexity index is 660. The topological polar surface area (TPSA) is 82.6 Å². The molecule has 1 aromatic rings. The number of guanidine groups is 1. The Morgan fingerprint density at radius 1 is 1.32 bits per heavy atom. The number of aliphatic imine (C=N–C) groups is 1. The van der Waals surface area contributed by atoms with Crippen LogP contribution < -0.4 is 15.4 Å². The Kier molecular flexibility index (Phi) is 5.30. The van der Waals surface area contributed by atoms with Gasteiger partial charge in [-0.15, -0.1) is 0 Å². The molecule has 0 atom stereocenters. The molecule has 1 saturated carbocycles. The van der Waals surface area contributed by atoms with E-state index >= 15 is 0 Å². The highest BCUT2D eigenvalue weighted by molar-refractivity contribution is 7.89. The molecule has 9 heteroatoms. The second-order valence-electron chi connectivity index (χ2n) is 4.89. The summed E-state index contributed by atoms with van der Waals surface area (Å²) in [6.45, 7) is 0.332. The molecular weight excluding hydrogens is 314 g/mol. The van der Waals surface area contributed by atoms with Crippen LogP contribution in [0, 0.1) is 11.6 Å². The number of hydrogen-bond donors (Lipinski definition) is 3. The van der Waals surface area contributed by atoms with Crippen LogP contribution in [0.3, 0.4) is 0 Å². The highest BCUT2D eigenvalue weighted by Gasteiger charge is 2.22. The summed E-state index contributed by atoms with van der Waals surface area (Å²) in [7, 11) is -2.39. The molecule has 1 aliphatic carbocycles. The van der Waals surface area contributed by atoms with Crippen molar-refractivity contribution in [1.82, 2.24) is 15.4 Å². The first-order valence-corrected chi connectivity index (χ1v) is 8.32. The largest absolute Gasteiger partial charge is 0.355 e. The lowest BCUT2D eigenvalue weighted by atomic mass is 10.3. The maximum atomic E-state index is 13.5. The Labute approximate surface area is 128 Å². The minimum absolute atomic E-state index is 0.0461. The fourth-order valence-electron chi connectivity index (χ4n) is 1.75. The van der Waals surface area contributed by atoms with Crippen molar-refractivity contribution in [2.75, 3.05) is 20.1 Å². The lowest BCUT2D eigenvalue weighted by molar-refractivity contribution is 0.543.